The van der Waals surface area contributed by atoms with Crippen molar-refractivity contribution in [1.82, 2.24) is 14.8 Å². The minimum Gasteiger partial charge on any atom is -0.441 e. The van der Waals surface area contributed by atoms with Crippen LogP contribution in [0.2, 0.25) is 5.02 Å². The molecule has 4 aromatic rings. The van der Waals surface area contributed by atoms with Crippen molar-refractivity contribution in [2.24, 2.45) is 0 Å². The van der Waals surface area contributed by atoms with Gasteiger partial charge in [0.05, 0.1) is 29.5 Å². The molecule has 1 N–H and O–H groups in total. The van der Waals surface area contributed by atoms with E-state index < -0.39 is 17.5 Å². The zero-order chi connectivity index (χ0) is 22.7. The Bertz CT molecular complexity index is 1270. The lowest BCUT2D eigenvalue weighted by Gasteiger charge is -2.09. The van der Waals surface area contributed by atoms with E-state index in [0.717, 1.165) is 12.1 Å². The summed E-state index contributed by atoms with van der Waals surface area (Å²) in [6, 6.07) is 9.18. The van der Waals surface area contributed by atoms with Crippen LogP contribution in [0.4, 0.5) is 19.0 Å². The fourth-order valence-electron chi connectivity index (χ4n) is 3.04. The number of oxazole rings is 1. The summed E-state index contributed by atoms with van der Waals surface area (Å²) in [7, 11) is 0. The van der Waals surface area contributed by atoms with Gasteiger partial charge >= 0.3 is 0 Å². The summed E-state index contributed by atoms with van der Waals surface area (Å²) in [6.45, 7) is 0.239. The van der Waals surface area contributed by atoms with Gasteiger partial charge in [0.25, 0.3) is 0 Å². The first kappa shape index (κ1) is 21.6. The maximum atomic E-state index is 13.9. The molecule has 6 nitrogen and oxygen atoms in total. The van der Waals surface area contributed by atoms with Gasteiger partial charge in [-0.15, -0.1) is 0 Å². The molecule has 0 radical (unpaired) electrons. The first-order valence-electron chi connectivity index (χ1n) is 9.55. The number of carbonyl (C=O) groups excluding carboxylic acids is 1. The van der Waals surface area contributed by atoms with Crippen LogP contribution in [0.5, 0.6) is 0 Å². The lowest BCUT2D eigenvalue weighted by molar-refractivity contribution is -0.116. The van der Waals surface area contributed by atoms with Gasteiger partial charge in [0.2, 0.25) is 5.91 Å². The second kappa shape index (κ2) is 9.27. The molecule has 2 aromatic carbocycles. The smallest absolute Gasteiger partial charge is 0.226 e. The molecule has 0 saturated carbocycles. The summed E-state index contributed by atoms with van der Waals surface area (Å²) in [6.07, 6.45) is 3.06. The van der Waals surface area contributed by atoms with E-state index in [0.29, 0.717) is 11.4 Å². The monoisotopic (exact) mass is 460 g/mol. The average Bonchev–Trinajstić information content (AvgIpc) is 3.39. The number of amides is 1. The van der Waals surface area contributed by atoms with Crippen molar-refractivity contribution in [2.45, 2.75) is 19.4 Å². The molecular weight excluding hydrogens is 445 g/mol. The standard InChI is InChI=1S/C22H16ClF3N4O2/c23-16-4-1-13(9-18(16)26)12-30-20(7-8-28-30)29-21(31)5-6-22-27-11-19(32-22)15-3-2-14(24)10-17(15)25/h1-4,7-11H,5-6,12H2,(H,29,31). The fourth-order valence-corrected chi connectivity index (χ4v) is 3.16. The Morgan fingerprint density at radius 2 is 1.94 bits per heavy atom. The molecule has 4 rings (SSSR count). The predicted octanol–water partition coefficient (Wildman–Crippen LogP) is 5.23. The molecule has 10 heteroatoms. The van der Waals surface area contributed by atoms with E-state index in [1.807, 2.05) is 0 Å². The Kier molecular flexibility index (Phi) is 6.27. The number of anilines is 1. The predicted molar refractivity (Wildman–Crippen MR) is 112 cm³/mol. The van der Waals surface area contributed by atoms with E-state index in [9.17, 15) is 18.0 Å². The van der Waals surface area contributed by atoms with Gasteiger partial charge < -0.3 is 9.73 Å². The summed E-state index contributed by atoms with van der Waals surface area (Å²) in [5.41, 5.74) is 0.712. The van der Waals surface area contributed by atoms with Gasteiger partial charge in [0, 0.05) is 25.0 Å². The molecular formula is C22H16ClF3N4O2. The minimum atomic E-state index is -0.765. The van der Waals surface area contributed by atoms with Crippen LogP contribution in [0.1, 0.15) is 17.9 Å². The van der Waals surface area contributed by atoms with Gasteiger partial charge in [-0.2, -0.15) is 5.10 Å². The number of hydrogen-bond acceptors (Lipinski definition) is 4. The van der Waals surface area contributed by atoms with Crippen LogP contribution in [-0.4, -0.2) is 20.7 Å². The highest BCUT2D eigenvalue weighted by molar-refractivity contribution is 6.30. The second-order valence-corrected chi connectivity index (χ2v) is 7.32. The van der Waals surface area contributed by atoms with Crippen LogP contribution < -0.4 is 5.32 Å². The number of nitrogens with zero attached hydrogens (tertiary/aromatic N) is 3. The third-order valence-corrected chi connectivity index (χ3v) is 4.92. The Labute approximate surface area is 185 Å². The molecule has 0 atom stereocenters. The van der Waals surface area contributed by atoms with Crippen molar-refractivity contribution in [2.75, 3.05) is 5.32 Å². The van der Waals surface area contributed by atoms with E-state index in [4.69, 9.17) is 16.0 Å². The van der Waals surface area contributed by atoms with E-state index in [1.165, 1.54) is 35.3 Å². The van der Waals surface area contributed by atoms with Crippen LogP contribution in [0.3, 0.4) is 0 Å². The van der Waals surface area contributed by atoms with Gasteiger partial charge in [-0.05, 0) is 29.8 Å². The Morgan fingerprint density at radius 1 is 1.09 bits per heavy atom. The molecule has 0 fully saturated rings. The highest BCUT2D eigenvalue weighted by Crippen LogP contribution is 2.24. The van der Waals surface area contributed by atoms with Crippen LogP contribution in [-0.2, 0) is 17.8 Å². The van der Waals surface area contributed by atoms with Crippen LogP contribution in [0, 0.1) is 17.5 Å². The molecule has 0 spiro atoms. The summed E-state index contributed by atoms with van der Waals surface area (Å²) in [4.78, 5) is 16.4. The molecule has 0 aliphatic heterocycles. The lowest BCUT2D eigenvalue weighted by Crippen LogP contribution is -2.16. The summed E-state index contributed by atoms with van der Waals surface area (Å²) >= 11 is 5.70. The molecule has 0 unspecified atom stereocenters. The highest BCUT2D eigenvalue weighted by atomic mass is 35.5. The first-order valence-corrected chi connectivity index (χ1v) is 9.92. The van der Waals surface area contributed by atoms with Gasteiger partial charge in [0.15, 0.2) is 11.7 Å². The topological polar surface area (TPSA) is 73.0 Å². The Morgan fingerprint density at radius 3 is 2.72 bits per heavy atom. The second-order valence-electron chi connectivity index (χ2n) is 6.91. The van der Waals surface area contributed by atoms with Gasteiger partial charge in [0.1, 0.15) is 23.3 Å². The van der Waals surface area contributed by atoms with Crippen molar-refractivity contribution >= 4 is 23.3 Å². The minimum absolute atomic E-state index is 0.0274. The lowest BCUT2D eigenvalue weighted by atomic mass is 10.2. The van der Waals surface area contributed by atoms with Gasteiger partial charge in [-0.3, -0.25) is 4.79 Å². The molecule has 0 bridgehead atoms. The maximum absolute atomic E-state index is 13.9. The van der Waals surface area contributed by atoms with Crippen molar-refractivity contribution in [1.29, 1.82) is 0 Å². The number of hydrogen-bond donors (Lipinski definition) is 1. The van der Waals surface area contributed by atoms with E-state index >= 15 is 0 Å². The molecule has 2 aromatic heterocycles. The fraction of sp³-hybridized carbons (Fsp3) is 0.136. The van der Waals surface area contributed by atoms with Crippen molar-refractivity contribution in [3.05, 3.63) is 88.8 Å². The molecule has 32 heavy (non-hydrogen) atoms. The van der Waals surface area contributed by atoms with Crippen molar-refractivity contribution in [3.8, 4) is 11.3 Å². The summed E-state index contributed by atoms with van der Waals surface area (Å²) < 4.78 is 47.6. The normalized spacial score (nSPS) is 11.0. The SMILES string of the molecule is O=C(CCc1ncc(-c2ccc(F)cc2F)o1)Nc1ccnn1Cc1ccc(Cl)c(F)c1. The van der Waals surface area contributed by atoms with Crippen molar-refractivity contribution in [3.63, 3.8) is 0 Å². The van der Waals surface area contributed by atoms with Crippen molar-refractivity contribution < 1.29 is 22.4 Å². The molecule has 164 valence electrons. The van der Waals surface area contributed by atoms with Gasteiger partial charge in [-0.1, -0.05) is 17.7 Å². The third-order valence-electron chi connectivity index (χ3n) is 4.62. The highest BCUT2D eigenvalue weighted by Gasteiger charge is 2.14. The Hall–Kier alpha value is -3.59. The van der Waals surface area contributed by atoms with Gasteiger partial charge in [-0.25, -0.2) is 22.8 Å². The maximum Gasteiger partial charge on any atom is 0.226 e. The molecule has 0 saturated heterocycles. The zero-order valence-corrected chi connectivity index (χ0v) is 17.2. The van der Waals surface area contributed by atoms with E-state index in [1.54, 1.807) is 12.1 Å². The average molecular weight is 461 g/mol. The summed E-state index contributed by atoms with van der Waals surface area (Å²) in [5, 5.41) is 6.90. The number of aryl methyl sites for hydroxylation is 1. The number of benzene rings is 2. The van der Waals surface area contributed by atoms with Crippen LogP contribution in [0.15, 0.2) is 59.3 Å². The number of aromatic nitrogens is 3. The molecule has 2 heterocycles. The number of rotatable bonds is 7. The van der Waals surface area contributed by atoms with Crippen LogP contribution >= 0.6 is 11.6 Å². The third kappa shape index (κ3) is 5.00. The van der Waals surface area contributed by atoms with E-state index in [2.05, 4.69) is 15.4 Å². The number of halogens is 4. The Balaban J connectivity index is 1.36. The number of nitrogens with one attached hydrogen (secondary N) is 1. The quantitative estimate of drug-likeness (QED) is 0.410. The van der Waals surface area contributed by atoms with E-state index in [-0.39, 0.29) is 47.5 Å². The number of carbonyl (C=O) groups is 1. The molecule has 1 amide bonds. The summed E-state index contributed by atoms with van der Waals surface area (Å²) in [5.74, 6) is -1.49. The van der Waals surface area contributed by atoms with Crippen LogP contribution in [0.25, 0.3) is 11.3 Å². The largest absolute Gasteiger partial charge is 0.441 e. The molecule has 0 aliphatic carbocycles. The molecule has 0 aliphatic rings. The first-order chi connectivity index (χ1) is 15.4. The zero-order valence-electron chi connectivity index (χ0n) is 16.5.